The lowest BCUT2D eigenvalue weighted by molar-refractivity contribution is 0.302. The molecule has 0 unspecified atom stereocenters. The highest BCUT2D eigenvalue weighted by Gasteiger charge is 2.01. The van der Waals surface area contributed by atoms with Crippen LogP contribution in [0.15, 0.2) is 35.7 Å². The van der Waals surface area contributed by atoms with Crippen LogP contribution in [0, 0.1) is 0 Å². The first-order chi connectivity index (χ1) is 7.88. The first kappa shape index (κ1) is 14.0. The second kappa shape index (κ2) is 7.27. The van der Waals surface area contributed by atoms with Gasteiger partial charge in [0.2, 0.25) is 0 Å². The summed E-state index contributed by atoms with van der Waals surface area (Å²) in [5.74, 6) is 0.880. The van der Waals surface area contributed by atoms with E-state index in [-0.39, 0.29) is 12.4 Å². The zero-order valence-corrected chi connectivity index (χ0v) is 11.2. The minimum absolute atomic E-state index is 0. The summed E-state index contributed by atoms with van der Waals surface area (Å²) in [7, 11) is 1.92. The average Bonchev–Trinajstić information content (AvgIpc) is 2.76. The van der Waals surface area contributed by atoms with E-state index >= 15 is 0 Å². The highest BCUT2D eigenvalue weighted by molar-refractivity contribution is 7.09. The largest absolute Gasteiger partial charge is 0.487 e. The number of aromatic nitrogens is 1. The lowest BCUT2D eigenvalue weighted by atomic mass is 10.3. The maximum Gasteiger partial charge on any atom is 0.131 e. The molecule has 5 heteroatoms. The standard InChI is InChI=1S/C12H14N2OS.ClH/c1-13-7-12-14-10(9-16-12)8-15-11-5-3-2-4-6-11;/h2-6,9,13H,7-8H2,1H3;1H. The number of nitrogens with zero attached hydrogens (tertiary/aromatic N) is 1. The van der Waals surface area contributed by atoms with Crippen LogP contribution in [0.1, 0.15) is 10.7 Å². The van der Waals surface area contributed by atoms with Gasteiger partial charge in [0.25, 0.3) is 0 Å². The molecule has 1 aromatic heterocycles. The minimum atomic E-state index is 0. The molecule has 0 aliphatic rings. The number of thiazole rings is 1. The quantitative estimate of drug-likeness (QED) is 0.907. The van der Waals surface area contributed by atoms with Gasteiger partial charge in [0, 0.05) is 11.9 Å². The highest BCUT2D eigenvalue weighted by Crippen LogP contribution is 2.14. The van der Waals surface area contributed by atoms with E-state index in [0.29, 0.717) is 6.61 Å². The Morgan fingerprint density at radius 1 is 1.29 bits per heavy atom. The molecule has 3 nitrogen and oxygen atoms in total. The van der Waals surface area contributed by atoms with Crippen LogP contribution in [0.3, 0.4) is 0 Å². The molecule has 92 valence electrons. The highest BCUT2D eigenvalue weighted by atomic mass is 35.5. The summed E-state index contributed by atoms with van der Waals surface area (Å²) < 4.78 is 5.61. The van der Waals surface area contributed by atoms with Crippen molar-refractivity contribution in [1.82, 2.24) is 10.3 Å². The summed E-state index contributed by atoms with van der Waals surface area (Å²) in [6, 6.07) is 9.79. The molecule has 0 atom stereocenters. The number of hydrogen-bond acceptors (Lipinski definition) is 4. The van der Waals surface area contributed by atoms with Crippen LogP contribution in [0.25, 0.3) is 0 Å². The topological polar surface area (TPSA) is 34.2 Å². The van der Waals surface area contributed by atoms with E-state index in [4.69, 9.17) is 4.74 Å². The molecular formula is C12H15ClN2OS. The van der Waals surface area contributed by atoms with Gasteiger partial charge in [-0.2, -0.15) is 0 Å². The van der Waals surface area contributed by atoms with Crippen molar-refractivity contribution < 1.29 is 4.74 Å². The van der Waals surface area contributed by atoms with Gasteiger partial charge in [-0.15, -0.1) is 23.7 Å². The lowest BCUT2D eigenvalue weighted by Gasteiger charge is -2.02. The van der Waals surface area contributed by atoms with Crippen LogP contribution in [-0.4, -0.2) is 12.0 Å². The van der Waals surface area contributed by atoms with E-state index in [1.807, 2.05) is 42.8 Å². The summed E-state index contributed by atoms with van der Waals surface area (Å²) in [5, 5.41) is 6.21. The Balaban J connectivity index is 0.00000144. The van der Waals surface area contributed by atoms with Gasteiger partial charge in [-0.25, -0.2) is 4.98 Å². The van der Waals surface area contributed by atoms with Crippen molar-refractivity contribution in [2.24, 2.45) is 0 Å². The van der Waals surface area contributed by atoms with E-state index < -0.39 is 0 Å². The molecule has 0 saturated heterocycles. The zero-order chi connectivity index (χ0) is 11.2. The average molecular weight is 271 g/mol. The number of halogens is 1. The van der Waals surface area contributed by atoms with Crippen molar-refractivity contribution in [3.05, 3.63) is 46.4 Å². The van der Waals surface area contributed by atoms with Gasteiger partial charge < -0.3 is 10.1 Å². The normalized spacial score (nSPS) is 9.71. The van der Waals surface area contributed by atoms with Gasteiger partial charge in [0.05, 0.1) is 5.69 Å². The first-order valence-corrected chi connectivity index (χ1v) is 6.02. The van der Waals surface area contributed by atoms with Crippen molar-refractivity contribution in [1.29, 1.82) is 0 Å². The van der Waals surface area contributed by atoms with Crippen LogP contribution >= 0.6 is 23.7 Å². The van der Waals surface area contributed by atoms with Crippen molar-refractivity contribution in [3.63, 3.8) is 0 Å². The maximum atomic E-state index is 5.61. The smallest absolute Gasteiger partial charge is 0.131 e. The summed E-state index contributed by atoms with van der Waals surface area (Å²) in [5.41, 5.74) is 0.985. The Morgan fingerprint density at radius 3 is 2.76 bits per heavy atom. The number of nitrogens with one attached hydrogen (secondary N) is 1. The fourth-order valence-corrected chi connectivity index (χ4v) is 2.11. The van der Waals surface area contributed by atoms with E-state index in [2.05, 4.69) is 10.3 Å². The monoisotopic (exact) mass is 270 g/mol. The minimum Gasteiger partial charge on any atom is -0.487 e. The van der Waals surface area contributed by atoms with Gasteiger partial charge in [-0.1, -0.05) is 18.2 Å². The van der Waals surface area contributed by atoms with Gasteiger partial charge in [-0.05, 0) is 19.2 Å². The Hall–Kier alpha value is -1.10. The summed E-state index contributed by atoms with van der Waals surface area (Å²) in [4.78, 5) is 4.45. The number of hydrogen-bond donors (Lipinski definition) is 1. The van der Waals surface area contributed by atoms with Crippen molar-refractivity contribution >= 4 is 23.7 Å². The van der Waals surface area contributed by atoms with Crippen molar-refractivity contribution in [2.45, 2.75) is 13.2 Å². The van der Waals surface area contributed by atoms with Crippen LogP contribution in [0.4, 0.5) is 0 Å². The molecule has 0 saturated carbocycles. The Kier molecular flexibility index (Phi) is 5.97. The van der Waals surface area contributed by atoms with Crippen LogP contribution in [0.2, 0.25) is 0 Å². The molecule has 1 N–H and O–H groups in total. The SMILES string of the molecule is CNCc1nc(COc2ccccc2)cs1.Cl. The zero-order valence-electron chi connectivity index (χ0n) is 9.55. The molecule has 1 aromatic carbocycles. The van der Waals surface area contributed by atoms with E-state index in [1.54, 1.807) is 11.3 Å². The molecule has 2 aromatic rings. The molecule has 0 radical (unpaired) electrons. The van der Waals surface area contributed by atoms with Crippen LogP contribution < -0.4 is 10.1 Å². The molecule has 0 aliphatic heterocycles. The molecule has 0 bridgehead atoms. The maximum absolute atomic E-state index is 5.61. The van der Waals surface area contributed by atoms with E-state index in [0.717, 1.165) is 23.0 Å². The summed E-state index contributed by atoms with van der Waals surface area (Å²) in [6.07, 6.45) is 0. The molecule has 0 amide bonds. The van der Waals surface area contributed by atoms with Crippen molar-refractivity contribution in [2.75, 3.05) is 7.05 Å². The summed E-state index contributed by atoms with van der Waals surface area (Å²) >= 11 is 1.66. The number of para-hydroxylation sites is 1. The van der Waals surface area contributed by atoms with Crippen LogP contribution in [0.5, 0.6) is 5.75 Å². The molecular weight excluding hydrogens is 256 g/mol. The van der Waals surface area contributed by atoms with E-state index in [1.165, 1.54) is 0 Å². The van der Waals surface area contributed by atoms with Crippen molar-refractivity contribution in [3.8, 4) is 5.75 Å². The van der Waals surface area contributed by atoms with Gasteiger partial charge >= 0.3 is 0 Å². The van der Waals surface area contributed by atoms with E-state index in [9.17, 15) is 0 Å². The second-order valence-electron chi connectivity index (χ2n) is 3.36. The Bertz CT molecular complexity index is 433. The van der Waals surface area contributed by atoms with Gasteiger partial charge in [-0.3, -0.25) is 0 Å². The predicted molar refractivity (Wildman–Crippen MR) is 72.9 cm³/mol. The van der Waals surface area contributed by atoms with Crippen LogP contribution in [-0.2, 0) is 13.2 Å². The Morgan fingerprint density at radius 2 is 2.06 bits per heavy atom. The van der Waals surface area contributed by atoms with Gasteiger partial charge in [0.1, 0.15) is 17.4 Å². The fraction of sp³-hybridized carbons (Fsp3) is 0.250. The summed E-state index contributed by atoms with van der Waals surface area (Å²) in [6.45, 7) is 1.35. The molecule has 1 heterocycles. The lowest BCUT2D eigenvalue weighted by Crippen LogP contribution is -2.05. The third-order valence-electron chi connectivity index (χ3n) is 2.06. The number of benzene rings is 1. The fourth-order valence-electron chi connectivity index (χ4n) is 1.32. The first-order valence-electron chi connectivity index (χ1n) is 5.14. The molecule has 2 rings (SSSR count). The Labute approximate surface area is 111 Å². The predicted octanol–water partition coefficient (Wildman–Crippen LogP) is 2.86. The molecule has 0 spiro atoms. The molecule has 0 fully saturated rings. The molecule has 17 heavy (non-hydrogen) atoms. The third kappa shape index (κ3) is 4.34. The third-order valence-corrected chi connectivity index (χ3v) is 2.95. The van der Waals surface area contributed by atoms with Gasteiger partial charge in [0.15, 0.2) is 0 Å². The second-order valence-corrected chi connectivity index (χ2v) is 4.31. The number of ether oxygens (including phenoxy) is 1. The number of rotatable bonds is 5. The molecule has 0 aliphatic carbocycles.